The summed E-state index contributed by atoms with van der Waals surface area (Å²) < 4.78 is 0. The number of urea groups is 1. The number of carbonyl (C=O) groups is 3. The van der Waals surface area contributed by atoms with Crippen LogP contribution in [0.4, 0.5) is 10.5 Å². The lowest BCUT2D eigenvalue weighted by Gasteiger charge is -2.32. The monoisotopic (exact) mass is 333 g/mol. The standard InChI is InChI=1S/C17H23N3O4/c1-17(2,3)20-10-13(9-14(20)21)19-16(24)18-12-6-4-11(5-7-12)8-15(22)23/h4-7,13H,8-10H2,1-3H3,(H,22,23)(H2,18,19,24). The second kappa shape index (κ2) is 6.90. The molecular formula is C17H23N3O4. The van der Waals surface area contributed by atoms with Crippen molar-refractivity contribution in [3.63, 3.8) is 0 Å². The van der Waals surface area contributed by atoms with E-state index in [1.165, 1.54) is 0 Å². The van der Waals surface area contributed by atoms with Gasteiger partial charge in [-0.05, 0) is 38.5 Å². The summed E-state index contributed by atoms with van der Waals surface area (Å²) in [4.78, 5) is 36.5. The van der Waals surface area contributed by atoms with E-state index in [1.54, 1.807) is 29.2 Å². The molecule has 0 aliphatic carbocycles. The molecule has 7 nitrogen and oxygen atoms in total. The number of carboxylic acids is 1. The van der Waals surface area contributed by atoms with Gasteiger partial charge in [-0.15, -0.1) is 0 Å². The lowest BCUT2D eigenvalue weighted by atomic mass is 10.1. The Morgan fingerprint density at radius 1 is 1.25 bits per heavy atom. The van der Waals surface area contributed by atoms with Crippen LogP contribution in [0.15, 0.2) is 24.3 Å². The normalized spacial score (nSPS) is 17.7. The van der Waals surface area contributed by atoms with E-state index in [0.717, 1.165) is 0 Å². The molecule has 1 fully saturated rings. The zero-order valence-corrected chi connectivity index (χ0v) is 14.1. The Hall–Kier alpha value is -2.57. The molecule has 0 radical (unpaired) electrons. The lowest BCUT2D eigenvalue weighted by molar-refractivity contribution is -0.136. The number of nitrogens with zero attached hydrogens (tertiary/aromatic N) is 1. The summed E-state index contributed by atoms with van der Waals surface area (Å²) in [5.41, 5.74) is 0.971. The van der Waals surface area contributed by atoms with Gasteiger partial charge in [-0.25, -0.2) is 4.79 Å². The number of carboxylic acid groups (broad SMARTS) is 1. The van der Waals surface area contributed by atoms with Gasteiger partial charge in [0.05, 0.1) is 12.5 Å². The molecule has 0 spiro atoms. The fourth-order valence-electron chi connectivity index (χ4n) is 2.69. The Balaban J connectivity index is 1.88. The molecule has 7 heteroatoms. The van der Waals surface area contributed by atoms with Gasteiger partial charge in [0, 0.05) is 24.2 Å². The highest BCUT2D eigenvalue weighted by Crippen LogP contribution is 2.22. The maximum absolute atomic E-state index is 12.0. The molecule has 0 aromatic heterocycles. The van der Waals surface area contributed by atoms with E-state index >= 15 is 0 Å². The van der Waals surface area contributed by atoms with Crippen molar-refractivity contribution in [1.29, 1.82) is 0 Å². The van der Waals surface area contributed by atoms with Crippen LogP contribution in [0.1, 0.15) is 32.8 Å². The third-order valence-electron chi connectivity index (χ3n) is 3.84. The summed E-state index contributed by atoms with van der Waals surface area (Å²) in [6.45, 7) is 6.39. The van der Waals surface area contributed by atoms with Gasteiger partial charge in [-0.3, -0.25) is 9.59 Å². The van der Waals surface area contributed by atoms with Crippen molar-refractivity contribution < 1.29 is 19.5 Å². The van der Waals surface area contributed by atoms with E-state index in [1.807, 2.05) is 20.8 Å². The van der Waals surface area contributed by atoms with Gasteiger partial charge in [0.15, 0.2) is 0 Å². The zero-order chi connectivity index (χ0) is 17.9. The number of aliphatic carboxylic acids is 1. The number of hydrogen-bond donors (Lipinski definition) is 3. The van der Waals surface area contributed by atoms with Gasteiger partial charge in [-0.2, -0.15) is 0 Å². The summed E-state index contributed by atoms with van der Waals surface area (Å²) in [7, 11) is 0. The largest absolute Gasteiger partial charge is 0.481 e. The molecule has 3 N–H and O–H groups in total. The molecule has 1 saturated heterocycles. The number of hydrogen-bond acceptors (Lipinski definition) is 3. The minimum absolute atomic E-state index is 0.0332. The van der Waals surface area contributed by atoms with E-state index in [-0.39, 0.29) is 29.9 Å². The number of rotatable bonds is 4. The van der Waals surface area contributed by atoms with Crippen LogP contribution in [0, 0.1) is 0 Å². The van der Waals surface area contributed by atoms with Gasteiger partial charge >= 0.3 is 12.0 Å². The number of amides is 3. The molecule has 0 bridgehead atoms. The number of benzene rings is 1. The Kier molecular flexibility index (Phi) is 5.11. The minimum Gasteiger partial charge on any atom is -0.481 e. The van der Waals surface area contributed by atoms with Gasteiger partial charge in [0.25, 0.3) is 0 Å². The van der Waals surface area contributed by atoms with Crippen LogP contribution >= 0.6 is 0 Å². The van der Waals surface area contributed by atoms with Gasteiger partial charge < -0.3 is 20.6 Å². The zero-order valence-electron chi connectivity index (χ0n) is 14.1. The van der Waals surface area contributed by atoms with Crippen molar-refractivity contribution in [3.05, 3.63) is 29.8 Å². The molecule has 130 valence electrons. The molecule has 1 heterocycles. The molecule has 0 saturated carbocycles. The first-order valence-corrected chi connectivity index (χ1v) is 7.84. The molecule has 1 atom stereocenters. The minimum atomic E-state index is -0.900. The van der Waals surface area contributed by atoms with Crippen molar-refractivity contribution in [2.24, 2.45) is 0 Å². The fourth-order valence-corrected chi connectivity index (χ4v) is 2.69. The van der Waals surface area contributed by atoms with Crippen LogP contribution in [0.25, 0.3) is 0 Å². The fraction of sp³-hybridized carbons (Fsp3) is 0.471. The maximum atomic E-state index is 12.0. The Morgan fingerprint density at radius 3 is 2.38 bits per heavy atom. The molecule has 3 amide bonds. The molecule has 1 aromatic carbocycles. The van der Waals surface area contributed by atoms with Crippen molar-refractivity contribution in [2.45, 2.75) is 45.2 Å². The number of likely N-dealkylation sites (tertiary alicyclic amines) is 1. The second-order valence-corrected chi connectivity index (χ2v) is 6.94. The first-order chi connectivity index (χ1) is 11.1. The topological polar surface area (TPSA) is 98.7 Å². The average molecular weight is 333 g/mol. The van der Waals surface area contributed by atoms with Gasteiger partial charge in [-0.1, -0.05) is 12.1 Å². The Morgan fingerprint density at radius 2 is 1.88 bits per heavy atom. The number of anilines is 1. The highest BCUT2D eigenvalue weighted by atomic mass is 16.4. The number of carbonyl (C=O) groups excluding carboxylic acids is 2. The van der Waals surface area contributed by atoms with E-state index < -0.39 is 5.97 Å². The third-order valence-corrected chi connectivity index (χ3v) is 3.84. The smallest absolute Gasteiger partial charge is 0.319 e. The predicted molar refractivity (Wildman–Crippen MR) is 89.8 cm³/mol. The molecule has 24 heavy (non-hydrogen) atoms. The van der Waals surface area contributed by atoms with E-state index in [0.29, 0.717) is 24.2 Å². The first kappa shape index (κ1) is 17.8. The SMILES string of the molecule is CC(C)(C)N1CC(NC(=O)Nc2ccc(CC(=O)O)cc2)CC1=O. The molecule has 1 unspecified atom stereocenters. The second-order valence-electron chi connectivity index (χ2n) is 6.94. The summed E-state index contributed by atoms with van der Waals surface area (Å²) in [6.07, 6.45) is 0.238. The maximum Gasteiger partial charge on any atom is 0.319 e. The van der Waals surface area contributed by atoms with Crippen LogP contribution in [-0.4, -0.2) is 46.0 Å². The highest BCUT2D eigenvalue weighted by Gasteiger charge is 2.36. The summed E-state index contributed by atoms with van der Waals surface area (Å²) in [5, 5.41) is 14.2. The van der Waals surface area contributed by atoms with Crippen molar-refractivity contribution in [1.82, 2.24) is 10.2 Å². The lowest BCUT2D eigenvalue weighted by Crippen LogP contribution is -2.45. The van der Waals surface area contributed by atoms with Crippen molar-refractivity contribution >= 4 is 23.6 Å². The Labute approximate surface area is 141 Å². The molecular weight excluding hydrogens is 310 g/mol. The van der Waals surface area contributed by atoms with Crippen LogP contribution in [0.5, 0.6) is 0 Å². The van der Waals surface area contributed by atoms with Crippen LogP contribution in [-0.2, 0) is 16.0 Å². The van der Waals surface area contributed by atoms with Crippen LogP contribution < -0.4 is 10.6 Å². The van der Waals surface area contributed by atoms with E-state index in [9.17, 15) is 14.4 Å². The van der Waals surface area contributed by atoms with Crippen LogP contribution in [0.2, 0.25) is 0 Å². The first-order valence-electron chi connectivity index (χ1n) is 7.84. The van der Waals surface area contributed by atoms with E-state index in [4.69, 9.17) is 5.11 Å². The van der Waals surface area contributed by atoms with Crippen molar-refractivity contribution in [3.8, 4) is 0 Å². The molecule has 2 rings (SSSR count). The average Bonchev–Trinajstić information content (AvgIpc) is 2.81. The van der Waals surface area contributed by atoms with Crippen molar-refractivity contribution in [2.75, 3.05) is 11.9 Å². The molecule has 1 aliphatic heterocycles. The molecule has 1 aliphatic rings. The number of nitrogens with one attached hydrogen (secondary N) is 2. The van der Waals surface area contributed by atoms with Gasteiger partial charge in [0.1, 0.15) is 0 Å². The highest BCUT2D eigenvalue weighted by molar-refractivity contribution is 5.90. The van der Waals surface area contributed by atoms with Crippen LogP contribution in [0.3, 0.4) is 0 Å². The van der Waals surface area contributed by atoms with E-state index in [2.05, 4.69) is 10.6 Å². The predicted octanol–water partition coefficient (Wildman–Crippen LogP) is 1.83. The third kappa shape index (κ3) is 4.71. The van der Waals surface area contributed by atoms with Gasteiger partial charge in [0.2, 0.25) is 5.91 Å². The Bertz CT molecular complexity index is 634. The molecule has 1 aromatic rings. The summed E-state index contributed by atoms with van der Waals surface area (Å²) in [5.74, 6) is -0.867. The summed E-state index contributed by atoms with van der Waals surface area (Å²) >= 11 is 0. The summed E-state index contributed by atoms with van der Waals surface area (Å²) in [6, 6.07) is 6.02. The quantitative estimate of drug-likeness (QED) is 0.783.